The normalized spacial score (nSPS) is 10.5. The predicted octanol–water partition coefficient (Wildman–Crippen LogP) is 4.99. The number of hydrogen-bond acceptors (Lipinski definition) is 2. The molecule has 0 unspecified atom stereocenters. The average Bonchev–Trinajstić information content (AvgIpc) is 2.31. The molecule has 2 aromatic rings. The lowest BCUT2D eigenvalue weighted by Crippen LogP contribution is -1.81. The van der Waals surface area contributed by atoms with E-state index in [2.05, 4.69) is 0 Å². The van der Waals surface area contributed by atoms with E-state index >= 15 is 0 Å². The van der Waals surface area contributed by atoms with Gasteiger partial charge in [-0.2, -0.15) is 0 Å². The van der Waals surface area contributed by atoms with Crippen LogP contribution in [0, 0.1) is 0 Å². The van der Waals surface area contributed by atoms with Gasteiger partial charge in [0.1, 0.15) is 5.75 Å². The fourth-order valence-electron chi connectivity index (χ4n) is 1.37. The molecule has 0 spiro atoms. The Morgan fingerprint density at radius 3 is 2.53 bits per heavy atom. The van der Waals surface area contributed by atoms with Crippen LogP contribution in [0.1, 0.15) is 5.56 Å². The Kier molecular flexibility index (Phi) is 4.21. The van der Waals surface area contributed by atoms with Crippen LogP contribution in [-0.4, -0.2) is 5.11 Å². The number of benzene rings is 2. The smallest absolute Gasteiger partial charge is 0.116 e. The molecule has 88 valence electrons. The summed E-state index contributed by atoms with van der Waals surface area (Å²) in [6, 6.07) is 12.8. The summed E-state index contributed by atoms with van der Waals surface area (Å²) in [4.78, 5) is 1.02. The Morgan fingerprint density at radius 1 is 1.00 bits per heavy atom. The van der Waals surface area contributed by atoms with Crippen molar-refractivity contribution in [3.05, 3.63) is 58.1 Å². The Labute approximate surface area is 114 Å². The molecule has 4 heteroatoms. The van der Waals surface area contributed by atoms with E-state index in [-0.39, 0.29) is 5.75 Å². The molecule has 0 aromatic heterocycles. The summed E-state index contributed by atoms with van der Waals surface area (Å²) in [5.41, 5.74) is 1.10. The first-order chi connectivity index (χ1) is 8.15. The molecule has 0 fully saturated rings. The number of thioether (sulfide) groups is 1. The highest BCUT2D eigenvalue weighted by Gasteiger charge is 2.01. The van der Waals surface area contributed by atoms with Crippen LogP contribution >= 0.6 is 35.0 Å². The highest BCUT2D eigenvalue weighted by molar-refractivity contribution is 7.98. The fraction of sp³-hybridized carbons (Fsp3) is 0.0769. The molecular weight excluding hydrogens is 275 g/mol. The van der Waals surface area contributed by atoms with Crippen LogP contribution in [0.5, 0.6) is 5.75 Å². The molecule has 0 saturated carbocycles. The summed E-state index contributed by atoms with van der Waals surface area (Å²) in [5.74, 6) is 1.07. The Balaban J connectivity index is 2.05. The van der Waals surface area contributed by atoms with E-state index in [1.54, 1.807) is 30.0 Å². The number of hydrogen-bond donors (Lipinski definition) is 1. The average molecular weight is 285 g/mol. The van der Waals surface area contributed by atoms with Gasteiger partial charge in [-0.05, 0) is 35.9 Å². The van der Waals surface area contributed by atoms with Gasteiger partial charge >= 0.3 is 0 Å². The molecule has 1 nitrogen and oxygen atoms in total. The Morgan fingerprint density at radius 2 is 1.82 bits per heavy atom. The van der Waals surface area contributed by atoms with Crippen molar-refractivity contribution in [2.24, 2.45) is 0 Å². The van der Waals surface area contributed by atoms with Crippen LogP contribution in [-0.2, 0) is 5.75 Å². The van der Waals surface area contributed by atoms with Gasteiger partial charge in [0.25, 0.3) is 0 Å². The first kappa shape index (κ1) is 12.6. The number of aromatic hydroxyl groups is 1. The van der Waals surface area contributed by atoms with Crippen LogP contribution in [0.15, 0.2) is 47.4 Å². The van der Waals surface area contributed by atoms with E-state index in [0.717, 1.165) is 16.2 Å². The van der Waals surface area contributed by atoms with Crippen molar-refractivity contribution in [3.8, 4) is 5.75 Å². The molecule has 0 amide bonds. The molecule has 0 aliphatic rings. The number of halogens is 2. The van der Waals surface area contributed by atoms with Gasteiger partial charge in [-0.25, -0.2) is 0 Å². The Bertz CT molecular complexity index is 529. The van der Waals surface area contributed by atoms with Gasteiger partial charge in [0.2, 0.25) is 0 Å². The maximum absolute atomic E-state index is 9.34. The van der Waals surface area contributed by atoms with Crippen LogP contribution in [0.4, 0.5) is 0 Å². The standard InChI is InChI=1S/C13H10Cl2OS/c14-12-5-4-9(6-13(12)15)8-17-11-3-1-2-10(16)7-11/h1-7,16H,8H2. The third-order valence-electron chi connectivity index (χ3n) is 2.21. The molecule has 1 N–H and O–H groups in total. The zero-order chi connectivity index (χ0) is 12.3. The molecule has 2 rings (SSSR count). The highest BCUT2D eigenvalue weighted by Crippen LogP contribution is 2.28. The van der Waals surface area contributed by atoms with E-state index in [4.69, 9.17) is 23.2 Å². The topological polar surface area (TPSA) is 20.2 Å². The van der Waals surface area contributed by atoms with Gasteiger partial charge in [0.05, 0.1) is 10.0 Å². The molecule has 0 saturated heterocycles. The van der Waals surface area contributed by atoms with Crippen LogP contribution in [0.25, 0.3) is 0 Å². The van der Waals surface area contributed by atoms with E-state index in [9.17, 15) is 5.11 Å². The molecule has 0 aliphatic heterocycles. The number of phenolic OH excluding ortho intramolecular Hbond substituents is 1. The molecule has 0 atom stereocenters. The second kappa shape index (κ2) is 5.67. The molecule has 0 heterocycles. The molecule has 0 aliphatic carbocycles. The Hall–Kier alpha value is -0.830. The summed E-state index contributed by atoms with van der Waals surface area (Å²) in [6.45, 7) is 0. The molecular formula is C13H10Cl2OS. The highest BCUT2D eigenvalue weighted by atomic mass is 35.5. The van der Waals surface area contributed by atoms with Crippen molar-refractivity contribution in [1.82, 2.24) is 0 Å². The van der Waals surface area contributed by atoms with Crippen molar-refractivity contribution >= 4 is 35.0 Å². The molecule has 0 radical (unpaired) electrons. The van der Waals surface area contributed by atoms with Gasteiger partial charge in [-0.1, -0.05) is 35.3 Å². The van der Waals surface area contributed by atoms with E-state index in [0.29, 0.717) is 10.0 Å². The summed E-state index contributed by atoms with van der Waals surface area (Å²) >= 11 is 13.4. The zero-order valence-corrected chi connectivity index (χ0v) is 11.2. The maximum Gasteiger partial charge on any atom is 0.116 e. The van der Waals surface area contributed by atoms with Crippen LogP contribution in [0.2, 0.25) is 10.0 Å². The molecule has 0 bridgehead atoms. The van der Waals surface area contributed by atoms with Crippen molar-refractivity contribution in [2.45, 2.75) is 10.6 Å². The van der Waals surface area contributed by atoms with Crippen molar-refractivity contribution in [1.29, 1.82) is 0 Å². The van der Waals surface area contributed by atoms with E-state index in [1.807, 2.05) is 24.3 Å². The van der Waals surface area contributed by atoms with Crippen molar-refractivity contribution in [2.75, 3.05) is 0 Å². The largest absolute Gasteiger partial charge is 0.508 e. The van der Waals surface area contributed by atoms with Crippen LogP contribution < -0.4 is 0 Å². The van der Waals surface area contributed by atoms with Gasteiger partial charge in [0, 0.05) is 10.6 Å². The SMILES string of the molecule is Oc1cccc(SCc2ccc(Cl)c(Cl)c2)c1. The quantitative estimate of drug-likeness (QED) is 0.801. The predicted molar refractivity (Wildman–Crippen MR) is 74.1 cm³/mol. The molecule has 2 aromatic carbocycles. The van der Waals surface area contributed by atoms with Gasteiger partial charge in [0.15, 0.2) is 0 Å². The lowest BCUT2D eigenvalue weighted by molar-refractivity contribution is 0.474. The van der Waals surface area contributed by atoms with Gasteiger partial charge in [-0.15, -0.1) is 11.8 Å². The van der Waals surface area contributed by atoms with E-state index < -0.39 is 0 Å². The van der Waals surface area contributed by atoms with Gasteiger partial charge < -0.3 is 5.11 Å². The summed E-state index contributed by atoms with van der Waals surface area (Å²) < 4.78 is 0. The summed E-state index contributed by atoms with van der Waals surface area (Å²) in [6.07, 6.45) is 0. The lowest BCUT2D eigenvalue weighted by Gasteiger charge is -2.04. The third kappa shape index (κ3) is 3.56. The maximum atomic E-state index is 9.34. The lowest BCUT2D eigenvalue weighted by atomic mass is 10.2. The monoisotopic (exact) mass is 284 g/mol. The van der Waals surface area contributed by atoms with Gasteiger partial charge in [-0.3, -0.25) is 0 Å². The number of phenols is 1. The third-order valence-corrected chi connectivity index (χ3v) is 4.01. The fourth-order valence-corrected chi connectivity index (χ4v) is 2.58. The van der Waals surface area contributed by atoms with Crippen molar-refractivity contribution < 1.29 is 5.11 Å². The number of rotatable bonds is 3. The second-order valence-electron chi connectivity index (χ2n) is 3.53. The minimum atomic E-state index is 0.282. The van der Waals surface area contributed by atoms with E-state index in [1.165, 1.54) is 0 Å². The minimum absolute atomic E-state index is 0.282. The zero-order valence-electron chi connectivity index (χ0n) is 8.86. The molecule has 17 heavy (non-hydrogen) atoms. The second-order valence-corrected chi connectivity index (χ2v) is 5.40. The minimum Gasteiger partial charge on any atom is -0.508 e. The first-order valence-electron chi connectivity index (χ1n) is 5.01. The summed E-state index contributed by atoms with van der Waals surface area (Å²) in [5, 5.41) is 10.5. The van der Waals surface area contributed by atoms with Crippen molar-refractivity contribution in [3.63, 3.8) is 0 Å². The van der Waals surface area contributed by atoms with Crippen LogP contribution in [0.3, 0.4) is 0 Å². The first-order valence-corrected chi connectivity index (χ1v) is 6.75. The summed E-state index contributed by atoms with van der Waals surface area (Å²) in [7, 11) is 0.